The van der Waals surface area contributed by atoms with Crippen molar-refractivity contribution in [2.24, 2.45) is 0 Å². The van der Waals surface area contributed by atoms with Gasteiger partial charge in [-0.3, -0.25) is 4.90 Å². The van der Waals surface area contributed by atoms with Gasteiger partial charge in [0.2, 0.25) is 0 Å². The van der Waals surface area contributed by atoms with Crippen LogP contribution in [-0.2, 0) is 26.1 Å². The fourth-order valence-corrected chi connectivity index (χ4v) is 3.27. The van der Waals surface area contributed by atoms with E-state index in [1.165, 1.54) is 24.0 Å². The van der Waals surface area contributed by atoms with Crippen LogP contribution >= 0.6 is 0 Å². The second-order valence-corrected chi connectivity index (χ2v) is 6.70. The summed E-state index contributed by atoms with van der Waals surface area (Å²) in [5, 5.41) is 0. The Labute approximate surface area is 157 Å². The van der Waals surface area contributed by atoms with Crippen molar-refractivity contribution in [2.75, 3.05) is 12.3 Å². The summed E-state index contributed by atoms with van der Waals surface area (Å²) in [7, 11) is 0. The van der Waals surface area contributed by atoms with E-state index in [-0.39, 0.29) is 5.82 Å². The molecule has 138 valence electrons. The normalized spacial score (nSPS) is 14.0. The van der Waals surface area contributed by atoms with Gasteiger partial charge in [0.1, 0.15) is 30.3 Å². The molecule has 0 fully saturated rings. The zero-order chi connectivity index (χ0) is 18.6. The zero-order valence-electron chi connectivity index (χ0n) is 14.9. The van der Waals surface area contributed by atoms with Crippen LogP contribution in [0.1, 0.15) is 22.4 Å². The summed E-state index contributed by atoms with van der Waals surface area (Å²) in [6.07, 6.45) is 2.41. The van der Waals surface area contributed by atoms with E-state index < -0.39 is 0 Å². The van der Waals surface area contributed by atoms with Crippen molar-refractivity contribution in [1.29, 1.82) is 0 Å². The van der Waals surface area contributed by atoms with E-state index in [1.54, 1.807) is 12.1 Å². The summed E-state index contributed by atoms with van der Waals surface area (Å²) < 4.78 is 18.7. The van der Waals surface area contributed by atoms with Crippen molar-refractivity contribution in [3.8, 4) is 5.75 Å². The molecule has 5 nitrogen and oxygen atoms in total. The fraction of sp³-hybridized carbons (Fsp3) is 0.238. The molecule has 0 bridgehead atoms. The Balaban J connectivity index is 1.33. The smallest absolute Gasteiger partial charge is 0.130 e. The number of fused-ring (bicyclic) bond motifs is 1. The quantitative estimate of drug-likeness (QED) is 0.752. The van der Waals surface area contributed by atoms with Crippen LogP contribution in [0.5, 0.6) is 5.75 Å². The first-order valence-electron chi connectivity index (χ1n) is 8.94. The number of nitrogen functional groups attached to an aromatic ring is 1. The molecule has 1 aliphatic heterocycles. The third-order valence-corrected chi connectivity index (χ3v) is 4.77. The number of aromatic nitrogens is 2. The monoisotopic (exact) mass is 364 g/mol. The molecule has 6 heteroatoms. The van der Waals surface area contributed by atoms with Crippen LogP contribution in [0.15, 0.2) is 54.9 Å². The van der Waals surface area contributed by atoms with E-state index >= 15 is 0 Å². The Morgan fingerprint density at radius 3 is 2.52 bits per heavy atom. The van der Waals surface area contributed by atoms with Crippen molar-refractivity contribution in [3.05, 3.63) is 83.1 Å². The third kappa shape index (κ3) is 4.23. The number of hydrogen-bond acceptors (Lipinski definition) is 5. The maximum Gasteiger partial charge on any atom is 0.130 e. The van der Waals surface area contributed by atoms with Crippen molar-refractivity contribution in [2.45, 2.75) is 26.1 Å². The summed E-state index contributed by atoms with van der Waals surface area (Å²) >= 11 is 0. The molecule has 0 spiro atoms. The van der Waals surface area contributed by atoms with Gasteiger partial charge in [-0.2, -0.15) is 0 Å². The van der Waals surface area contributed by atoms with Gasteiger partial charge >= 0.3 is 0 Å². The van der Waals surface area contributed by atoms with Gasteiger partial charge in [-0.05, 0) is 41.8 Å². The Bertz CT molecular complexity index is 912. The maximum atomic E-state index is 12.9. The van der Waals surface area contributed by atoms with Gasteiger partial charge in [0.25, 0.3) is 0 Å². The lowest BCUT2D eigenvalue weighted by atomic mass is 10.0. The molecule has 2 N–H and O–H groups in total. The minimum atomic E-state index is -0.238. The van der Waals surface area contributed by atoms with Gasteiger partial charge in [0, 0.05) is 25.2 Å². The topological polar surface area (TPSA) is 64.3 Å². The van der Waals surface area contributed by atoms with Gasteiger partial charge in [-0.25, -0.2) is 14.4 Å². The highest BCUT2D eigenvalue weighted by molar-refractivity contribution is 5.42. The van der Waals surface area contributed by atoms with Crippen molar-refractivity contribution >= 4 is 5.82 Å². The first-order valence-corrected chi connectivity index (χ1v) is 8.94. The lowest BCUT2D eigenvalue weighted by molar-refractivity contribution is 0.241. The van der Waals surface area contributed by atoms with Crippen LogP contribution in [0.4, 0.5) is 10.2 Å². The Morgan fingerprint density at radius 1 is 1.00 bits per heavy atom. The number of halogens is 1. The average Bonchev–Trinajstić information content (AvgIpc) is 2.69. The third-order valence-electron chi connectivity index (χ3n) is 4.77. The van der Waals surface area contributed by atoms with E-state index in [0.29, 0.717) is 12.4 Å². The van der Waals surface area contributed by atoms with Crippen molar-refractivity contribution in [3.63, 3.8) is 0 Å². The molecular formula is C21H21FN4O. The highest BCUT2D eigenvalue weighted by atomic mass is 19.1. The molecule has 0 saturated heterocycles. The maximum absolute atomic E-state index is 12.9. The van der Waals surface area contributed by atoms with Gasteiger partial charge in [-0.1, -0.05) is 24.3 Å². The fourth-order valence-electron chi connectivity index (χ4n) is 3.27. The van der Waals surface area contributed by atoms with Crippen LogP contribution in [0.2, 0.25) is 0 Å². The molecule has 0 amide bonds. The largest absolute Gasteiger partial charge is 0.489 e. The molecule has 0 atom stereocenters. The standard InChI is InChI=1S/C21H21FN4O/c22-17-5-1-16(2-6-17)13-27-18-7-3-15(4-8-18)11-26-10-9-19-20(12-26)24-14-25-21(19)23/h1-8,14H,9-13H2,(H2,23,24,25). The summed E-state index contributed by atoms with van der Waals surface area (Å²) in [6, 6.07) is 14.4. The predicted molar refractivity (Wildman–Crippen MR) is 101 cm³/mol. The first kappa shape index (κ1) is 17.4. The molecule has 0 saturated carbocycles. The average molecular weight is 364 g/mol. The summed E-state index contributed by atoms with van der Waals surface area (Å²) in [6.45, 7) is 2.99. The van der Waals surface area contributed by atoms with Gasteiger partial charge in [0.15, 0.2) is 0 Å². The van der Waals surface area contributed by atoms with E-state index in [1.807, 2.05) is 12.1 Å². The minimum absolute atomic E-state index is 0.238. The SMILES string of the molecule is Nc1ncnc2c1CCN(Cc1ccc(OCc3ccc(F)cc3)cc1)C2. The minimum Gasteiger partial charge on any atom is -0.489 e. The van der Waals surface area contributed by atoms with Gasteiger partial charge < -0.3 is 10.5 Å². The molecule has 4 rings (SSSR count). The predicted octanol–water partition coefficient (Wildman–Crippen LogP) is 3.34. The van der Waals surface area contributed by atoms with Gasteiger partial charge in [-0.15, -0.1) is 0 Å². The number of hydrogen-bond donors (Lipinski definition) is 1. The van der Waals surface area contributed by atoms with Crippen LogP contribution in [0, 0.1) is 5.82 Å². The number of ether oxygens (including phenoxy) is 1. The number of anilines is 1. The molecule has 2 aromatic carbocycles. The summed E-state index contributed by atoms with van der Waals surface area (Å²) in [5.74, 6) is 1.16. The number of nitrogens with two attached hydrogens (primary N) is 1. The molecule has 3 aromatic rings. The zero-order valence-corrected chi connectivity index (χ0v) is 14.9. The lowest BCUT2D eigenvalue weighted by Gasteiger charge is -2.28. The van der Waals surface area contributed by atoms with E-state index in [4.69, 9.17) is 10.5 Å². The number of nitrogens with zero attached hydrogens (tertiary/aromatic N) is 3. The second-order valence-electron chi connectivity index (χ2n) is 6.70. The first-order chi connectivity index (χ1) is 13.2. The van der Waals surface area contributed by atoms with E-state index in [9.17, 15) is 4.39 Å². The Hall–Kier alpha value is -2.99. The summed E-state index contributed by atoms with van der Waals surface area (Å²) in [4.78, 5) is 10.8. The highest BCUT2D eigenvalue weighted by Crippen LogP contribution is 2.22. The number of benzene rings is 2. The van der Waals surface area contributed by atoms with E-state index in [2.05, 4.69) is 27.0 Å². The molecule has 1 aromatic heterocycles. The Kier molecular flexibility index (Phi) is 4.98. The molecule has 2 heterocycles. The molecule has 27 heavy (non-hydrogen) atoms. The second kappa shape index (κ2) is 7.72. The van der Waals surface area contributed by atoms with Gasteiger partial charge in [0.05, 0.1) is 5.69 Å². The van der Waals surface area contributed by atoms with Crippen molar-refractivity contribution < 1.29 is 9.13 Å². The molecule has 1 aliphatic rings. The van der Waals surface area contributed by atoms with Crippen LogP contribution in [-0.4, -0.2) is 21.4 Å². The highest BCUT2D eigenvalue weighted by Gasteiger charge is 2.19. The molecule has 0 radical (unpaired) electrons. The van der Waals surface area contributed by atoms with Crippen LogP contribution < -0.4 is 10.5 Å². The van der Waals surface area contributed by atoms with E-state index in [0.717, 1.165) is 48.6 Å². The Morgan fingerprint density at radius 2 is 1.74 bits per heavy atom. The van der Waals surface area contributed by atoms with Crippen LogP contribution in [0.3, 0.4) is 0 Å². The van der Waals surface area contributed by atoms with Crippen LogP contribution in [0.25, 0.3) is 0 Å². The lowest BCUT2D eigenvalue weighted by Crippen LogP contribution is -2.31. The molecular weight excluding hydrogens is 343 g/mol. The molecule has 0 aliphatic carbocycles. The number of rotatable bonds is 5. The van der Waals surface area contributed by atoms with Crippen molar-refractivity contribution in [1.82, 2.24) is 14.9 Å². The molecule has 0 unspecified atom stereocenters. The summed E-state index contributed by atoms with van der Waals surface area (Å²) in [5.41, 5.74) is 10.2.